The van der Waals surface area contributed by atoms with Crippen molar-refractivity contribution in [3.63, 3.8) is 0 Å². The van der Waals surface area contributed by atoms with Crippen LogP contribution in [-0.2, 0) is 0 Å². The van der Waals surface area contributed by atoms with Crippen molar-refractivity contribution in [3.05, 3.63) is 12.2 Å². The number of aliphatic hydroxyl groups excluding tert-OH is 1. The monoisotopic (exact) mass is 222 g/mol. The van der Waals surface area contributed by atoms with E-state index in [9.17, 15) is 5.11 Å². The summed E-state index contributed by atoms with van der Waals surface area (Å²) in [5, 5.41) is 10.4. The molecule has 0 aromatic carbocycles. The Labute approximate surface area is 99.9 Å². The molecule has 2 fully saturated rings. The average Bonchev–Trinajstić information content (AvgIpc) is 2.55. The second-order valence-corrected chi connectivity index (χ2v) is 6.58. The van der Waals surface area contributed by atoms with Gasteiger partial charge in [-0.1, -0.05) is 32.9 Å². The zero-order valence-corrected chi connectivity index (χ0v) is 11.0. The second kappa shape index (κ2) is 4.18. The Morgan fingerprint density at radius 1 is 1.38 bits per heavy atom. The minimum atomic E-state index is -0.137. The van der Waals surface area contributed by atoms with Crippen LogP contribution in [0.5, 0.6) is 0 Å². The van der Waals surface area contributed by atoms with Gasteiger partial charge in [0.25, 0.3) is 0 Å². The first-order valence-corrected chi connectivity index (χ1v) is 6.81. The van der Waals surface area contributed by atoms with Gasteiger partial charge in [-0.2, -0.15) is 0 Å². The van der Waals surface area contributed by atoms with Gasteiger partial charge >= 0.3 is 0 Å². The fourth-order valence-corrected chi connectivity index (χ4v) is 4.15. The van der Waals surface area contributed by atoms with Crippen molar-refractivity contribution >= 4 is 0 Å². The van der Waals surface area contributed by atoms with Crippen molar-refractivity contribution in [3.8, 4) is 0 Å². The largest absolute Gasteiger partial charge is 0.393 e. The first-order chi connectivity index (χ1) is 7.46. The molecule has 2 aliphatic carbocycles. The van der Waals surface area contributed by atoms with Crippen LogP contribution in [0.15, 0.2) is 12.2 Å². The van der Waals surface area contributed by atoms with Crippen molar-refractivity contribution in [1.82, 2.24) is 0 Å². The maximum absolute atomic E-state index is 10.4. The lowest BCUT2D eigenvalue weighted by Crippen LogP contribution is -2.36. The Kier molecular flexibility index (Phi) is 3.18. The lowest BCUT2D eigenvalue weighted by molar-refractivity contribution is 0.0320. The minimum absolute atomic E-state index is 0.137. The molecule has 0 aromatic heterocycles. The maximum atomic E-state index is 10.4. The summed E-state index contributed by atoms with van der Waals surface area (Å²) < 4.78 is 0. The van der Waals surface area contributed by atoms with E-state index in [0.29, 0.717) is 23.2 Å². The highest BCUT2D eigenvalue weighted by Gasteiger charge is 2.50. The summed E-state index contributed by atoms with van der Waals surface area (Å²) in [7, 11) is 0. The van der Waals surface area contributed by atoms with Gasteiger partial charge in [0.1, 0.15) is 0 Å². The van der Waals surface area contributed by atoms with Crippen LogP contribution in [0.25, 0.3) is 0 Å². The van der Waals surface area contributed by atoms with E-state index in [-0.39, 0.29) is 6.10 Å². The van der Waals surface area contributed by atoms with Crippen LogP contribution < -0.4 is 0 Å². The molecule has 0 heterocycles. The second-order valence-electron chi connectivity index (χ2n) is 6.58. The third-order valence-electron chi connectivity index (χ3n) is 5.04. The molecule has 0 saturated heterocycles. The third kappa shape index (κ3) is 1.84. The minimum Gasteiger partial charge on any atom is -0.393 e. The molecule has 0 aliphatic heterocycles. The Morgan fingerprint density at radius 2 is 2.06 bits per heavy atom. The molecule has 0 aromatic rings. The van der Waals surface area contributed by atoms with Crippen molar-refractivity contribution in [1.29, 1.82) is 0 Å². The Morgan fingerprint density at radius 3 is 2.69 bits per heavy atom. The number of rotatable bonds is 2. The van der Waals surface area contributed by atoms with Crippen LogP contribution in [0.1, 0.15) is 52.9 Å². The van der Waals surface area contributed by atoms with Crippen LogP contribution in [0.3, 0.4) is 0 Å². The lowest BCUT2D eigenvalue weighted by Gasteiger charge is -2.41. The van der Waals surface area contributed by atoms with Gasteiger partial charge in [-0.05, 0) is 55.3 Å². The SMILES string of the molecule is C=C1CCC[C@]2(C)CC[C@@H]([C@@H](O)C(C)C)[C@H]12. The first kappa shape index (κ1) is 12.2. The van der Waals surface area contributed by atoms with E-state index < -0.39 is 0 Å². The van der Waals surface area contributed by atoms with Gasteiger partial charge in [0.05, 0.1) is 6.10 Å². The number of aliphatic hydroxyl groups is 1. The van der Waals surface area contributed by atoms with E-state index in [1.165, 1.54) is 37.7 Å². The predicted octanol–water partition coefficient (Wildman–Crippen LogP) is 3.78. The molecule has 92 valence electrons. The highest BCUT2D eigenvalue weighted by molar-refractivity contribution is 5.16. The number of hydrogen-bond donors (Lipinski definition) is 1. The van der Waals surface area contributed by atoms with Crippen molar-refractivity contribution in [2.24, 2.45) is 23.2 Å². The highest BCUT2D eigenvalue weighted by Crippen LogP contribution is 2.57. The molecule has 2 saturated carbocycles. The van der Waals surface area contributed by atoms with E-state index in [1.54, 1.807) is 0 Å². The number of fused-ring (bicyclic) bond motifs is 1. The topological polar surface area (TPSA) is 20.2 Å². The summed E-state index contributed by atoms with van der Waals surface area (Å²) in [6.07, 6.45) is 6.15. The van der Waals surface area contributed by atoms with Crippen LogP contribution in [0.4, 0.5) is 0 Å². The number of allylic oxidation sites excluding steroid dienone is 1. The molecule has 1 heteroatoms. The fourth-order valence-electron chi connectivity index (χ4n) is 4.15. The number of hydrogen-bond acceptors (Lipinski definition) is 1. The van der Waals surface area contributed by atoms with Gasteiger partial charge in [0.15, 0.2) is 0 Å². The molecule has 1 nitrogen and oxygen atoms in total. The Balaban J connectivity index is 2.21. The Hall–Kier alpha value is -0.300. The standard InChI is InChI=1S/C15H26O/c1-10(2)14(16)12-7-9-15(4)8-5-6-11(3)13(12)15/h10,12-14,16H,3,5-9H2,1-2,4H3/t12-,13+,14+,15-/m1/s1. The summed E-state index contributed by atoms with van der Waals surface area (Å²) in [4.78, 5) is 0. The summed E-state index contributed by atoms with van der Waals surface area (Å²) in [5.41, 5.74) is 1.85. The van der Waals surface area contributed by atoms with Gasteiger partial charge in [0, 0.05) is 0 Å². The van der Waals surface area contributed by atoms with Crippen molar-refractivity contribution in [2.75, 3.05) is 0 Å². The van der Waals surface area contributed by atoms with Gasteiger partial charge in [-0.15, -0.1) is 0 Å². The molecule has 0 bridgehead atoms. The molecule has 16 heavy (non-hydrogen) atoms. The van der Waals surface area contributed by atoms with Crippen LogP contribution in [-0.4, -0.2) is 11.2 Å². The van der Waals surface area contributed by atoms with Crippen molar-refractivity contribution < 1.29 is 5.11 Å². The summed E-state index contributed by atoms with van der Waals surface area (Å²) in [6, 6.07) is 0. The lowest BCUT2D eigenvalue weighted by atomic mass is 9.64. The van der Waals surface area contributed by atoms with Crippen LogP contribution in [0, 0.1) is 23.2 Å². The van der Waals surface area contributed by atoms with Crippen LogP contribution in [0.2, 0.25) is 0 Å². The first-order valence-electron chi connectivity index (χ1n) is 6.81. The van der Waals surface area contributed by atoms with E-state index in [1.807, 2.05) is 0 Å². The van der Waals surface area contributed by atoms with Gasteiger partial charge in [-0.25, -0.2) is 0 Å². The quantitative estimate of drug-likeness (QED) is 0.705. The molecule has 2 rings (SSSR count). The molecule has 2 aliphatic rings. The molecule has 0 radical (unpaired) electrons. The van der Waals surface area contributed by atoms with Gasteiger partial charge < -0.3 is 5.11 Å². The molecule has 1 N–H and O–H groups in total. The predicted molar refractivity (Wildman–Crippen MR) is 68.2 cm³/mol. The zero-order valence-electron chi connectivity index (χ0n) is 11.0. The molecule has 4 atom stereocenters. The van der Waals surface area contributed by atoms with E-state index in [4.69, 9.17) is 0 Å². The van der Waals surface area contributed by atoms with Crippen molar-refractivity contribution in [2.45, 2.75) is 59.0 Å². The zero-order chi connectivity index (χ0) is 11.9. The highest BCUT2D eigenvalue weighted by atomic mass is 16.3. The van der Waals surface area contributed by atoms with Gasteiger partial charge in [-0.3, -0.25) is 0 Å². The average molecular weight is 222 g/mol. The molecule has 0 unspecified atom stereocenters. The molecular weight excluding hydrogens is 196 g/mol. The summed E-state index contributed by atoms with van der Waals surface area (Å²) >= 11 is 0. The molecule has 0 amide bonds. The van der Waals surface area contributed by atoms with Crippen LogP contribution >= 0.6 is 0 Å². The Bertz CT molecular complexity index is 281. The maximum Gasteiger partial charge on any atom is 0.0597 e. The summed E-state index contributed by atoms with van der Waals surface area (Å²) in [5.74, 6) is 1.43. The van der Waals surface area contributed by atoms with E-state index in [2.05, 4.69) is 27.4 Å². The molecule has 0 spiro atoms. The fraction of sp³-hybridized carbons (Fsp3) is 0.867. The summed E-state index contributed by atoms with van der Waals surface area (Å²) in [6.45, 7) is 11.0. The normalized spacial score (nSPS) is 41.2. The van der Waals surface area contributed by atoms with E-state index in [0.717, 1.165) is 0 Å². The smallest absolute Gasteiger partial charge is 0.0597 e. The molecular formula is C15H26O. The van der Waals surface area contributed by atoms with Gasteiger partial charge in [0.2, 0.25) is 0 Å². The van der Waals surface area contributed by atoms with E-state index >= 15 is 0 Å². The third-order valence-corrected chi connectivity index (χ3v) is 5.04.